The van der Waals surface area contributed by atoms with Gasteiger partial charge < -0.3 is 15.6 Å². The second-order valence-corrected chi connectivity index (χ2v) is 11.2. The first-order valence-corrected chi connectivity index (χ1v) is 13.2. The number of H-pyrrole nitrogens is 1. The van der Waals surface area contributed by atoms with Crippen molar-refractivity contribution >= 4 is 27.2 Å². The molecule has 4 aromatic rings. The normalized spacial score (nSPS) is 22.2. The van der Waals surface area contributed by atoms with Crippen LogP contribution in [-0.2, 0) is 16.9 Å². The highest BCUT2D eigenvalue weighted by atomic mass is 32.2. The smallest absolute Gasteiger partial charge is 0.292 e. The number of aromatic nitrogens is 8. The number of amides is 1. The molecule has 6 heterocycles. The summed E-state index contributed by atoms with van der Waals surface area (Å²) >= 11 is 0. The lowest BCUT2D eigenvalue weighted by Crippen LogP contribution is -2.46. The zero-order chi connectivity index (χ0) is 24.5. The number of carbonyl (C=O) groups excluding carboxylic acids is 1. The van der Waals surface area contributed by atoms with Crippen LogP contribution in [0.5, 0.6) is 0 Å². The number of rotatable bonds is 4. The molecule has 2 bridgehead atoms. The molecule has 0 aromatic carbocycles. The van der Waals surface area contributed by atoms with Gasteiger partial charge in [0.25, 0.3) is 5.91 Å². The van der Waals surface area contributed by atoms with E-state index in [0.29, 0.717) is 29.7 Å². The molecule has 2 unspecified atom stereocenters. The molecule has 3 N–H and O–H groups in total. The zero-order valence-electron chi connectivity index (χ0n) is 19.2. The van der Waals surface area contributed by atoms with Crippen LogP contribution in [0.15, 0.2) is 29.8 Å². The molecule has 0 saturated carbocycles. The highest BCUT2D eigenvalue weighted by Crippen LogP contribution is 2.45. The number of nitrogens with zero attached hydrogens (tertiary/aromatic N) is 8. The third-order valence-electron chi connectivity index (χ3n) is 7.02. The number of anilines is 1. The third kappa shape index (κ3) is 3.38. The second-order valence-electron chi connectivity index (χ2n) is 9.28. The molecule has 0 spiro atoms. The molecule has 14 heteroatoms. The maximum absolute atomic E-state index is 13.0. The number of piperidine rings is 1. The van der Waals surface area contributed by atoms with Crippen LogP contribution in [0.2, 0.25) is 0 Å². The Hall–Kier alpha value is -3.81. The van der Waals surface area contributed by atoms with E-state index in [-0.39, 0.29) is 40.4 Å². The standard InChI is InChI=1S/C21H24N10O3S/c1-29-9-12(7-25-29)15-8-26-31-18(22)17(35(2,33)34)16(27-20(15)31)11-5-13-3-4-14(6-11)30(13)21(32)19-23-10-24-28-19/h7-11,13-14H,3-6,22H2,1-2H3,(H,23,24,28). The number of carbonyl (C=O) groups is 1. The van der Waals surface area contributed by atoms with E-state index in [9.17, 15) is 13.2 Å². The van der Waals surface area contributed by atoms with Crippen molar-refractivity contribution in [1.82, 2.24) is 44.5 Å². The molecule has 2 fully saturated rings. The summed E-state index contributed by atoms with van der Waals surface area (Å²) in [7, 11) is -1.89. The van der Waals surface area contributed by atoms with Crippen LogP contribution in [0.3, 0.4) is 0 Å². The SMILES string of the molecule is Cn1cc(-c2cnn3c(N)c(S(C)(=O)=O)c(C4CC5CCC(C4)N5C(=O)c4nnc[nH]4)nc23)cn1. The number of fused-ring (bicyclic) bond motifs is 3. The number of nitrogens with two attached hydrogens (primary N) is 1. The van der Waals surface area contributed by atoms with E-state index in [1.54, 1.807) is 17.1 Å². The van der Waals surface area contributed by atoms with Gasteiger partial charge in [0.05, 0.1) is 18.1 Å². The Labute approximate surface area is 200 Å². The summed E-state index contributed by atoms with van der Waals surface area (Å²) in [6.45, 7) is 0. The molecule has 4 aromatic heterocycles. The highest BCUT2D eigenvalue weighted by molar-refractivity contribution is 7.91. The monoisotopic (exact) mass is 496 g/mol. The average molecular weight is 497 g/mol. The van der Waals surface area contributed by atoms with Gasteiger partial charge in [-0.05, 0) is 25.7 Å². The molecule has 35 heavy (non-hydrogen) atoms. The Morgan fingerprint density at radius 3 is 2.51 bits per heavy atom. The van der Waals surface area contributed by atoms with Crippen molar-refractivity contribution in [3.05, 3.63) is 36.4 Å². The van der Waals surface area contributed by atoms with Gasteiger partial charge in [0.15, 0.2) is 15.5 Å². The van der Waals surface area contributed by atoms with Gasteiger partial charge in [0, 0.05) is 48.6 Å². The van der Waals surface area contributed by atoms with Gasteiger partial charge in [-0.1, -0.05) is 0 Å². The first-order valence-electron chi connectivity index (χ1n) is 11.3. The molecule has 0 aliphatic carbocycles. The first kappa shape index (κ1) is 21.7. The Morgan fingerprint density at radius 2 is 1.91 bits per heavy atom. The highest BCUT2D eigenvalue weighted by Gasteiger charge is 2.46. The van der Waals surface area contributed by atoms with Gasteiger partial charge in [0.2, 0.25) is 5.82 Å². The minimum atomic E-state index is -3.70. The quantitative estimate of drug-likeness (QED) is 0.414. The minimum absolute atomic E-state index is 0.00486. The number of aryl methyl sites for hydroxylation is 1. The van der Waals surface area contributed by atoms with E-state index in [4.69, 9.17) is 10.7 Å². The van der Waals surface area contributed by atoms with Crippen molar-refractivity contribution in [3.8, 4) is 11.1 Å². The van der Waals surface area contributed by atoms with Gasteiger partial charge >= 0.3 is 0 Å². The van der Waals surface area contributed by atoms with Crippen molar-refractivity contribution < 1.29 is 13.2 Å². The number of nitrogens with one attached hydrogen (secondary N) is 1. The Balaban J connectivity index is 1.45. The number of hydrogen-bond donors (Lipinski definition) is 2. The van der Waals surface area contributed by atoms with Crippen molar-refractivity contribution in [3.63, 3.8) is 0 Å². The van der Waals surface area contributed by atoms with Gasteiger partial charge in [-0.25, -0.2) is 13.4 Å². The largest absolute Gasteiger partial charge is 0.382 e. The van der Waals surface area contributed by atoms with Gasteiger partial charge in [-0.3, -0.25) is 9.48 Å². The molecule has 182 valence electrons. The molecule has 2 aliphatic rings. The van der Waals surface area contributed by atoms with E-state index in [1.807, 2.05) is 18.1 Å². The van der Waals surface area contributed by atoms with Crippen LogP contribution >= 0.6 is 0 Å². The van der Waals surface area contributed by atoms with Crippen LogP contribution in [0.4, 0.5) is 5.82 Å². The van der Waals surface area contributed by atoms with E-state index < -0.39 is 9.84 Å². The fourth-order valence-electron chi connectivity index (χ4n) is 5.60. The lowest BCUT2D eigenvalue weighted by molar-refractivity contribution is 0.0556. The molecule has 2 atom stereocenters. The van der Waals surface area contributed by atoms with E-state index in [2.05, 4.69) is 25.4 Å². The Bertz CT molecular complexity index is 1540. The van der Waals surface area contributed by atoms with Crippen molar-refractivity contribution in [2.24, 2.45) is 7.05 Å². The third-order valence-corrected chi connectivity index (χ3v) is 8.18. The first-order chi connectivity index (χ1) is 16.7. The van der Waals surface area contributed by atoms with Crippen molar-refractivity contribution in [2.75, 3.05) is 12.0 Å². The van der Waals surface area contributed by atoms with Crippen molar-refractivity contribution in [1.29, 1.82) is 0 Å². The van der Waals surface area contributed by atoms with Gasteiger partial charge in [-0.2, -0.15) is 14.7 Å². The van der Waals surface area contributed by atoms with Crippen LogP contribution in [0.25, 0.3) is 16.8 Å². The Kier molecular flexibility index (Phi) is 4.71. The van der Waals surface area contributed by atoms with Crippen LogP contribution in [0, 0.1) is 0 Å². The lowest BCUT2D eigenvalue weighted by Gasteiger charge is -2.38. The fraction of sp³-hybridized carbons (Fsp3) is 0.429. The summed E-state index contributed by atoms with van der Waals surface area (Å²) in [6.07, 6.45) is 10.5. The molecular weight excluding hydrogens is 472 g/mol. The van der Waals surface area contributed by atoms with E-state index >= 15 is 0 Å². The van der Waals surface area contributed by atoms with Crippen molar-refractivity contribution in [2.45, 2.75) is 48.6 Å². The van der Waals surface area contributed by atoms with Crippen LogP contribution in [-0.4, -0.2) is 77.1 Å². The zero-order valence-corrected chi connectivity index (χ0v) is 20.0. The number of nitrogen functional groups attached to an aromatic ring is 1. The summed E-state index contributed by atoms with van der Waals surface area (Å²) in [4.78, 5) is 22.5. The topological polar surface area (TPSA) is 170 Å². The fourth-order valence-corrected chi connectivity index (χ4v) is 6.66. The summed E-state index contributed by atoms with van der Waals surface area (Å²) < 4.78 is 28.8. The summed E-state index contributed by atoms with van der Waals surface area (Å²) in [5, 5.41) is 16.1. The molecule has 0 radical (unpaired) electrons. The molecular formula is C21H24N10O3S. The number of sulfone groups is 1. The summed E-state index contributed by atoms with van der Waals surface area (Å²) in [5.41, 5.74) is 8.84. The maximum Gasteiger partial charge on any atom is 0.292 e. The summed E-state index contributed by atoms with van der Waals surface area (Å²) in [5.74, 6) is -0.120. The second kappa shape index (κ2) is 7.60. The lowest BCUT2D eigenvalue weighted by atomic mass is 9.87. The average Bonchev–Trinajstić information content (AvgIpc) is 3.59. The molecule has 13 nitrogen and oxygen atoms in total. The van der Waals surface area contributed by atoms with Crippen LogP contribution in [0.1, 0.15) is 47.9 Å². The maximum atomic E-state index is 13.0. The minimum Gasteiger partial charge on any atom is -0.382 e. The Morgan fingerprint density at radius 1 is 1.17 bits per heavy atom. The number of hydrogen-bond acceptors (Lipinski definition) is 9. The molecule has 2 saturated heterocycles. The van der Waals surface area contributed by atoms with E-state index in [1.165, 1.54) is 10.8 Å². The number of aromatic amines is 1. The van der Waals surface area contributed by atoms with Gasteiger partial charge in [0.1, 0.15) is 17.0 Å². The van der Waals surface area contributed by atoms with Gasteiger partial charge in [-0.15, -0.1) is 10.2 Å². The predicted molar refractivity (Wildman–Crippen MR) is 124 cm³/mol. The molecule has 1 amide bonds. The van der Waals surface area contributed by atoms with Crippen LogP contribution < -0.4 is 5.73 Å². The van der Waals surface area contributed by atoms with E-state index in [0.717, 1.165) is 24.7 Å². The molecule has 2 aliphatic heterocycles. The molecule has 6 rings (SSSR count). The summed E-state index contributed by atoms with van der Waals surface area (Å²) in [6, 6.07) is -0.101. The predicted octanol–water partition coefficient (Wildman–Crippen LogP) is 0.784.